The first-order valence-electron chi connectivity index (χ1n) is 5.77. The lowest BCUT2D eigenvalue weighted by Gasteiger charge is -2.16. The first-order chi connectivity index (χ1) is 7.53. The van der Waals surface area contributed by atoms with Gasteiger partial charge in [-0.1, -0.05) is 13.8 Å². The smallest absolute Gasteiger partial charge is 0.304 e. The predicted octanol–water partition coefficient (Wildman–Crippen LogP) is 2.05. The molecule has 1 aliphatic rings. The zero-order chi connectivity index (χ0) is 11.8. The molecule has 1 aliphatic carbocycles. The molecule has 0 radical (unpaired) electrons. The molecule has 0 spiro atoms. The molecule has 2 rings (SSSR count). The lowest BCUT2D eigenvalue weighted by Crippen LogP contribution is -2.20. The number of hydrogen-bond acceptors (Lipinski definition) is 2. The van der Waals surface area contributed by atoms with Crippen LogP contribution in [0, 0.1) is 5.92 Å². The molecule has 1 aromatic rings. The van der Waals surface area contributed by atoms with E-state index in [2.05, 4.69) is 18.9 Å². The Balaban J connectivity index is 2.20. The lowest BCUT2D eigenvalue weighted by molar-refractivity contribution is -0.137. The fraction of sp³-hybridized carbons (Fsp3) is 0.667. The van der Waals surface area contributed by atoms with E-state index in [0.717, 1.165) is 25.1 Å². The van der Waals surface area contributed by atoms with Gasteiger partial charge in [-0.2, -0.15) is 5.10 Å². The van der Waals surface area contributed by atoms with Crippen LogP contribution in [0.2, 0.25) is 0 Å². The summed E-state index contributed by atoms with van der Waals surface area (Å²) in [6, 6.07) is 1.97. The van der Waals surface area contributed by atoms with Crippen molar-refractivity contribution in [2.75, 3.05) is 0 Å². The third kappa shape index (κ3) is 2.10. The number of aliphatic carboxylic acids is 1. The second kappa shape index (κ2) is 3.92. The molecule has 0 aromatic carbocycles. The van der Waals surface area contributed by atoms with Crippen LogP contribution in [0.1, 0.15) is 38.8 Å². The van der Waals surface area contributed by atoms with Crippen LogP contribution in [0.15, 0.2) is 12.3 Å². The van der Waals surface area contributed by atoms with Crippen LogP contribution in [0.5, 0.6) is 0 Å². The third-order valence-corrected chi connectivity index (χ3v) is 3.14. The second-order valence-corrected chi connectivity index (χ2v) is 5.14. The van der Waals surface area contributed by atoms with Gasteiger partial charge in [0, 0.05) is 23.9 Å². The Morgan fingerprint density at radius 2 is 2.31 bits per heavy atom. The molecule has 1 saturated carbocycles. The molecule has 0 unspecified atom stereocenters. The van der Waals surface area contributed by atoms with Crippen LogP contribution in [0.3, 0.4) is 0 Å². The molecule has 1 N–H and O–H groups in total. The number of nitrogens with zero attached hydrogens (tertiary/aromatic N) is 2. The van der Waals surface area contributed by atoms with Crippen molar-refractivity contribution >= 4 is 5.97 Å². The summed E-state index contributed by atoms with van der Waals surface area (Å²) >= 11 is 0. The van der Waals surface area contributed by atoms with Gasteiger partial charge >= 0.3 is 5.97 Å². The van der Waals surface area contributed by atoms with Gasteiger partial charge in [-0.3, -0.25) is 9.48 Å². The van der Waals surface area contributed by atoms with Gasteiger partial charge < -0.3 is 5.11 Å². The number of carboxylic acid groups (broad SMARTS) is 1. The van der Waals surface area contributed by atoms with E-state index in [1.165, 1.54) is 0 Å². The Bertz CT molecular complexity index is 391. The van der Waals surface area contributed by atoms with E-state index in [1.807, 2.05) is 10.7 Å². The average molecular weight is 222 g/mol. The first-order valence-corrected chi connectivity index (χ1v) is 5.77. The summed E-state index contributed by atoms with van der Waals surface area (Å²) < 4.78 is 1.97. The molecule has 0 bridgehead atoms. The van der Waals surface area contributed by atoms with Crippen molar-refractivity contribution in [3.05, 3.63) is 18.0 Å². The second-order valence-electron chi connectivity index (χ2n) is 5.14. The Morgan fingerprint density at radius 1 is 1.62 bits per heavy atom. The number of aromatic nitrogens is 2. The van der Waals surface area contributed by atoms with Crippen molar-refractivity contribution in [3.8, 4) is 0 Å². The minimum Gasteiger partial charge on any atom is -0.481 e. The molecular formula is C12H18N2O2. The molecule has 16 heavy (non-hydrogen) atoms. The van der Waals surface area contributed by atoms with Gasteiger partial charge in [-0.15, -0.1) is 0 Å². The Morgan fingerprint density at radius 3 is 2.81 bits per heavy atom. The summed E-state index contributed by atoms with van der Waals surface area (Å²) in [5.41, 5.74) is 0.973. The van der Waals surface area contributed by atoms with E-state index < -0.39 is 5.97 Å². The van der Waals surface area contributed by atoms with Gasteiger partial charge in [-0.25, -0.2) is 0 Å². The lowest BCUT2D eigenvalue weighted by atomic mass is 9.98. The summed E-state index contributed by atoms with van der Waals surface area (Å²) in [5.74, 6) is -0.186. The maximum atomic E-state index is 10.9. The maximum Gasteiger partial charge on any atom is 0.304 e. The zero-order valence-corrected chi connectivity index (χ0v) is 9.81. The Hall–Kier alpha value is -1.32. The van der Waals surface area contributed by atoms with Gasteiger partial charge in [0.15, 0.2) is 0 Å². The largest absolute Gasteiger partial charge is 0.481 e. The van der Waals surface area contributed by atoms with Crippen molar-refractivity contribution in [2.45, 2.75) is 45.1 Å². The van der Waals surface area contributed by atoms with E-state index in [9.17, 15) is 4.79 Å². The summed E-state index contributed by atoms with van der Waals surface area (Å²) in [4.78, 5) is 10.9. The normalized spacial score (nSPS) is 17.7. The van der Waals surface area contributed by atoms with Crippen LogP contribution in [-0.2, 0) is 16.8 Å². The molecule has 0 amide bonds. The monoisotopic (exact) mass is 222 g/mol. The van der Waals surface area contributed by atoms with Crippen LogP contribution in [0.4, 0.5) is 0 Å². The molecule has 0 aliphatic heterocycles. The van der Waals surface area contributed by atoms with Gasteiger partial charge in [0.25, 0.3) is 0 Å². The van der Waals surface area contributed by atoms with Crippen molar-refractivity contribution in [1.29, 1.82) is 0 Å². The first kappa shape index (κ1) is 11.2. The van der Waals surface area contributed by atoms with Gasteiger partial charge in [0.05, 0.1) is 6.42 Å². The fourth-order valence-corrected chi connectivity index (χ4v) is 2.24. The Kier molecular flexibility index (Phi) is 2.74. The Labute approximate surface area is 95.3 Å². The zero-order valence-electron chi connectivity index (χ0n) is 9.81. The number of hydrogen-bond donors (Lipinski definition) is 1. The summed E-state index contributed by atoms with van der Waals surface area (Å²) in [6.45, 7) is 5.15. The van der Waals surface area contributed by atoms with Crippen LogP contribution in [-0.4, -0.2) is 20.9 Å². The highest BCUT2D eigenvalue weighted by molar-refractivity contribution is 5.69. The quantitative estimate of drug-likeness (QED) is 0.829. The summed E-state index contributed by atoms with van der Waals surface area (Å²) in [6.07, 6.45) is 3.96. The van der Waals surface area contributed by atoms with Crippen molar-refractivity contribution in [3.63, 3.8) is 0 Å². The SMILES string of the molecule is CC(C)Cn1nccc1C1(CC(=O)O)CC1. The molecule has 4 nitrogen and oxygen atoms in total. The fourth-order valence-electron chi connectivity index (χ4n) is 2.24. The molecule has 4 heteroatoms. The van der Waals surface area contributed by atoms with Crippen LogP contribution < -0.4 is 0 Å². The van der Waals surface area contributed by atoms with Gasteiger partial charge in [0.2, 0.25) is 0 Å². The highest BCUT2D eigenvalue weighted by atomic mass is 16.4. The van der Waals surface area contributed by atoms with Gasteiger partial charge in [-0.05, 0) is 24.8 Å². The van der Waals surface area contributed by atoms with E-state index >= 15 is 0 Å². The molecule has 1 heterocycles. The van der Waals surface area contributed by atoms with Crippen LogP contribution in [0.25, 0.3) is 0 Å². The van der Waals surface area contributed by atoms with E-state index in [0.29, 0.717) is 5.92 Å². The highest BCUT2D eigenvalue weighted by Crippen LogP contribution is 2.50. The molecule has 1 fully saturated rings. The minimum absolute atomic E-state index is 0.128. The van der Waals surface area contributed by atoms with E-state index in [4.69, 9.17) is 5.11 Å². The number of carbonyl (C=O) groups is 1. The summed E-state index contributed by atoms with van der Waals surface area (Å²) in [5, 5.41) is 13.2. The van der Waals surface area contributed by atoms with E-state index in [1.54, 1.807) is 6.20 Å². The molecule has 88 valence electrons. The summed E-state index contributed by atoms with van der Waals surface area (Å²) in [7, 11) is 0. The molecule has 0 saturated heterocycles. The number of carboxylic acids is 1. The standard InChI is InChI=1S/C12H18N2O2/c1-9(2)8-14-10(3-6-13-14)12(4-5-12)7-11(15)16/h3,6,9H,4-5,7-8H2,1-2H3,(H,15,16). The van der Waals surface area contributed by atoms with Crippen molar-refractivity contribution < 1.29 is 9.90 Å². The number of rotatable bonds is 5. The van der Waals surface area contributed by atoms with Crippen molar-refractivity contribution in [2.24, 2.45) is 5.92 Å². The van der Waals surface area contributed by atoms with Crippen LogP contribution >= 0.6 is 0 Å². The van der Waals surface area contributed by atoms with Crippen molar-refractivity contribution in [1.82, 2.24) is 9.78 Å². The third-order valence-electron chi connectivity index (χ3n) is 3.14. The molecular weight excluding hydrogens is 204 g/mol. The molecule has 1 aromatic heterocycles. The topological polar surface area (TPSA) is 55.1 Å². The van der Waals surface area contributed by atoms with E-state index in [-0.39, 0.29) is 11.8 Å². The predicted molar refractivity (Wildman–Crippen MR) is 60.2 cm³/mol. The maximum absolute atomic E-state index is 10.9. The molecule has 0 atom stereocenters. The highest BCUT2D eigenvalue weighted by Gasteiger charge is 2.48. The van der Waals surface area contributed by atoms with Gasteiger partial charge in [0.1, 0.15) is 0 Å². The average Bonchev–Trinajstić information content (AvgIpc) is 2.75. The minimum atomic E-state index is -0.713.